The normalized spacial score (nSPS) is 10.6. The van der Waals surface area contributed by atoms with E-state index in [2.05, 4.69) is 32.2 Å². The van der Waals surface area contributed by atoms with Gasteiger partial charge in [0.1, 0.15) is 5.75 Å². The summed E-state index contributed by atoms with van der Waals surface area (Å²) in [5.41, 5.74) is 10.7. The highest BCUT2D eigenvalue weighted by molar-refractivity contribution is 5.48. The molecule has 1 aromatic rings. The average molecular weight is 236 g/mol. The fourth-order valence-electron chi connectivity index (χ4n) is 2.02. The Labute approximate surface area is 104 Å². The first kappa shape index (κ1) is 14.0. The van der Waals surface area contributed by atoms with Gasteiger partial charge in [0, 0.05) is 6.54 Å². The third-order valence-corrected chi connectivity index (χ3v) is 3.29. The van der Waals surface area contributed by atoms with Crippen molar-refractivity contribution >= 4 is 0 Å². The zero-order chi connectivity index (χ0) is 12.8. The van der Waals surface area contributed by atoms with Gasteiger partial charge >= 0.3 is 0 Å². The maximum atomic E-state index is 5.47. The molecule has 3 N–H and O–H groups in total. The van der Waals surface area contributed by atoms with Crippen molar-refractivity contribution in [3.05, 3.63) is 28.3 Å². The third-order valence-electron chi connectivity index (χ3n) is 3.29. The van der Waals surface area contributed by atoms with E-state index in [1.54, 1.807) is 7.11 Å². The molecule has 0 aliphatic rings. The lowest BCUT2D eigenvalue weighted by molar-refractivity contribution is 0.410. The van der Waals surface area contributed by atoms with E-state index in [-0.39, 0.29) is 0 Å². The van der Waals surface area contributed by atoms with E-state index in [0.29, 0.717) is 0 Å². The van der Waals surface area contributed by atoms with Crippen molar-refractivity contribution in [3.63, 3.8) is 0 Å². The van der Waals surface area contributed by atoms with Gasteiger partial charge < -0.3 is 15.8 Å². The second kappa shape index (κ2) is 6.62. The number of aryl methyl sites for hydroxylation is 1. The quantitative estimate of drug-likeness (QED) is 0.743. The predicted octanol–water partition coefficient (Wildman–Crippen LogP) is 2.06. The van der Waals surface area contributed by atoms with Crippen molar-refractivity contribution in [2.45, 2.75) is 33.7 Å². The summed E-state index contributed by atoms with van der Waals surface area (Å²) >= 11 is 0. The van der Waals surface area contributed by atoms with E-state index in [9.17, 15) is 0 Å². The lowest BCUT2D eigenvalue weighted by Crippen LogP contribution is -2.19. The summed E-state index contributed by atoms with van der Waals surface area (Å²) < 4.78 is 5.37. The number of nitrogens with two attached hydrogens (primary N) is 1. The first-order valence-corrected chi connectivity index (χ1v) is 6.16. The van der Waals surface area contributed by atoms with Gasteiger partial charge in [0.05, 0.1) is 7.11 Å². The van der Waals surface area contributed by atoms with Crippen LogP contribution in [-0.2, 0) is 6.54 Å². The molecule has 0 radical (unpaired) electrons. The van der Waals surface area contributed by atoms with Crippen LogP contribution in [0.25, 0.3) is 0 Å². The van der Waals surface area contributed by atoms with Crippen molar-refractivity contribution in [1.29, 1.82) is 0 Å². The molecule has 0 atom stereocenters. The Morgan fingerprint density at radius 1 is 1.24 bits per heavy atom. The molecule has 0 aromatic heterocycles. The molecule has 0 bridgehead atoms. The third kappa shape index (κ3) is 3.45. The first-order chi connectivity index (χ1) is 8.11. The van der Waals surface area contributed by atoms with Crippen LogP contribution in [0.1, 0.15) is 28.7 Å². The van der Waals surface area contributed by atoms with Gasteiger partial charge in [-0.15, -0.1) is 0 Å². The number of hydrogen-bond acceptors (Lipinski definition) is 3. The van der Waals surface area contributed by atoms with Gasteiger partial charge in [-0.3, -0.25) is 0 Å². The monoisotopic (exact) mass is 236 g/mol. The van der Waals surface area contributed by atoms with Crippen LogP contribution in [-0.4, -0.2) is 20.2 Å². The van der Waals surface area contributed by atoms with Crippen LogP contribution >= 0.6 is 0 Å². The Balaban J connectivity index is 2.81. The van der Waals surface area contributed by atoms with Crippen LogP contribution in [0.3, 0.4) is 0 Å². The molecule has 0 amide bonds. The van der Waals surface area contributed by atoms with Gasteiger partial charge in [-0.2, -0.15) is 0 Å². The first-order valence-electron chi connectivity index (χ1n) is 6.16. The van der Waals surface area contributed by atoms with Crippen LogP contribution in [0, 0.1) is 20.8 Å². The minimum Gasteiger partial charge on any atom is -0.496 e. The van der Waals surface area contributed by atoms with Gasteiger partial charge in [0.25, 0.3) is 0 Å². The molecular weight excluding hydrogens is 212 g/mol. The van der Waals surface area contributed by atoms with Crippen molar-refractivity contribution < 1.29 is 4.74 Å². The summed E-state index contributed by atoms with van der Waals surface area (Å²) in [6.45, 7) is 9.02. The Kier molecular flexibility index (Phi) is 5.45. The highest BCUT2D eigenvalue weighted by Crippen LogP contribution is 2.27. The molecule has 0 spiro atoms. The molecule has 3 heteroatoms. The fourth-order valence-corrected chi connectivity index (χ4v) is 2.02. The molecule has 0 saturated carbocycles. The topological polar surface area (TPSA) is 47.3 Å². The molecule has 1 rings (SSSR count). The standard InChI is InChI=1S/C14H24N2O/c1-10-8-14(17-4)12(3)11(2)13(10)9-16-7-5-6-15/h8,16H,5-7,9,15H2,1-4H3. The van der Waals surface area contributed by atoms with E-state index in [1.165, 1.54) is 22.3 Å². The highest BCUT2D eigenvalue weighted by atomic mass is 16.5. The molecule has 0 saturated heterocycles. The lowest BCUT2D eigenvalue weighted by atomic mass is 9.97. The zero-order valence-electron chi connectivity index (χ0n) is 11.4. The number of rotatable bonds is 6. The summed E-state index contributed by atoms with van der Waals surface area (Å²) in [5.74, 6) is 0.978. The molecule has 0 fully saturated rings. The van der Waals surface area contributed by atoms with E-state index >= 15 is 0 Å². The molecule has 0 unspecified atom stereocenters. The molecule has 0 aliphatic carbocycles. The highest BCUT2D eigenvalue weighted by Gasteiger charge is 2.09. The largest absolute Gasteiger partial charge is 0.496 e. The van der Waals surface area contributed by atoms with E-state index in [0.717, 1.165) is 31.8 Å². The van der Waals surface area contributed by atoms with E-state index in [4.69, 9.17) is 10.5 Å². The Morgan fingerprint density at radius 2 is 1.94 bits per heavy atom. The number of ether oxygens (including phenoxy) is 1. The fraction of sp³-hybridized carbons (Fsp3) is 0.571. The average Bonchev–Trinajstić information content (AvgIpc) is 2.32. The summed E-state index contributed by atoms with van der Waals surface area (Å²) in [7, 11) is 1.72. The SMILES string of the molecule is COc1cc(C)c(CNCCCN)c(C)c1C. The second-order valence-corrected chi connectivity index (χ2v) is 4.44. The van der Waals surface area contributed by atoms with Gasteiger partial charge in [0.2, 0.25) is 0 Å². The van der Waals surface area contributed by atoms with Crippen molar-refractivity contribution in [3.8, 4) is 5.75 Å². The van der Waals surface area contributed by atoms with Gasteiger partial charge in [-0.05, 0) is 68.6 Å². The maximum absolute atomic E-state index is 5.47. The molecule has 0 aliphatic heterocycles. The minimum atomic E-state index is 0.743. The van der Waals surface area contributed by atoms with Gasteiger partial charge in [-0.1, -0.05) is 0 Å². The van der Waals surface area contributed by atoms with E-state index < -0.39 is 0 Å². The maximum Gasteiger partial charge on any atom is 0.122 e. The Bertz CT molecular complexity index is 375. The van der Waals surface area contributed by atoms with Crippen molar-refractivity contribution in [1.82, 2.24) is 5.32 Å². The van der Waals surface area contributed by atoms with Crippen LogP contribution in [0.5, 0.6) is 5.75 Å². The van der Waals surface area contributed by atoms with E-state index in [1.807, 2.05) is 0 Å². The number of nitrogens with one attached hydrogen (secondary N) is 1. The van der Waals surface area contributed by atoms with Crippen LogP contribution in [0.2, 0.25) is 0 Å². The minimum absolute atomic E-state index is 0.743. The van der Waals surface area contributed by atoms with Gasteiger partial charge in [-0.25, -0.2) is 0 Å². The summed E-state index contributed by atoms with van der Waals surface area (Å²) in [6, 6.07) is 2.11. The summed E-state index contributed by atoms with van der Waals surface area (Å²) in [4.78, 5) is 0. The predicted molar refractivity (Wildman–Crippen MR) is 72.6 cm³/mol. The second-order valence-electron chi connectivity index (χ2n) is 4.44. The Hall–Kier alpha value is -1.06. The van der Waals surface area contributed by atoms with Gasteiger partial charge in [0.15, 0.2) is 0 Å². The van der Waals surface area contributed by atoms with Crippen molar-refractivity contribution in [2.75, 3.05) is 20.2 Å². The lowest BCUT2D eigenvalue weighted by Gasteiger charge is -2.16. The van der Waals surface area contributed by atoms with Crippen molar-refractivity contribution in [2.24, 2.45) is 5.73 Å². The van der Waals surface area contributed by atoms with Crippen LogP contribution in [0.15, 0.2) is 6.07 Å². The molecule has 96 valence electrons. The van der Waals surface area contributed by atoms with Crippen LogP contribution < -0.4 is 15.8 Å². The summed E-state index contributed by atoms with van der Waals surface area (Å²) in [5, 5.41) is 3.43. The van der Waals surface area contributed by atoms with Crippen LogP contribution in [0.4, 0.5) is 0 Å². The molecule has 1 aromatic carbocycles. The molecule has 17 heavy (non-hydrogen) atoms. The molecular formula is C14H24N2O. The zero-order valence-corrected chi connectivity index (χ0v) is 11.4. The Morgan fingerprint density at radius 3 is 2.53 bits per heavy atom. The number of benzene rings is 1. The smallest absolute Gasteiger partial charge is 0.122 e. The number of hydrogen-bond donors (Lipinski definition) is 2. The molecule has 0 heterocycles. The number of methoxy groups -OCH3 is 1. The molecule has 3 nitrogen and oxygen atoms in total. The summed E-state index contributed by atoms with van der Waals surface area (Å²) in [6.07, 6.45) is 1.02.